The molecule has 0 aliphatic rings. The molecular formula is C11H18N4O2S. The Kier molecular flexibility index (Phi) is 4.42. The van der Waals surface area contributed by atoms with E-state index in [0.29, 0.717) is 5.01 Å². The highest BCUT2D eigenvalue weighted by Gasteiger charge is 2.31. The average Bonchev–Trinajstić information content (AvgIpc) is 2.71. The van der Waals surface area contributed by atoms with E-state index in [1.807, 2.05) is 20.8 Å². The average molecular weight is 270 g/mol. The second-order valence-corrected chi connectivity index (χ2v) is 5.95. The molecular weight excluding hydrogens is 252 g/mol. The molecule has 0 saturated heterocycles. The van der Waals surface area contributed by atoms with Crippen molar-refractivity contribution < 1.29 is 9.59 Å². The third kappa shape index (κ3) is 3.51. The maximum absolute atomic E-state index is 11.9. The van der Waals surface area contributed by atoms with Crippen LogP contribution in [-0.2, 0) is 11.3 Å². The molecule has 0 radical (unpaired) electrons. The Bertz CT molecular complexity index is 450. The molecule has 1 rings (SSSR count). The molecule has 1 heterocycles. The summed E-state index contributed by atoms with van der Waals surface area (Å²) >= 11 is 1.31. The number of amides is 2. The number of nitrogens with two attached hydrogens (primary N) is 2. The highest BCUT2D eigenvalue weighted by atomic mass is 32.1. The molecule has 6 nitrogen and oxygen atoms in total. The van der Waals surface area contributed by atoms with Crippen molar-refractivity contribution in [2.24, 2.45) is 16.9 Å². The molecule has 0 aliphatic carbocycles. The Labute approximate surface area is 110 Å². The summed E-state index contributed by atoms with van der Waals surface area (Å²) in [6.07, 6.45) is 0. The van der Waals surface area contributed by atoms with Gasteiger partial charge in [-0.15, -0.1) is 11.3 Å². The number of carbonyl (C=O) groups is 2. The van der Waals surface area contributed by atoms with Gasteiger partial charge in [0.15, 0.2) is 0 Å². The van der Waals surface area contributed by atoms with Gasteiger partial charge >= 0.3 is 0 Å². The Morgan fingerprint density at radius 1 is 1.50 bits per heavy atom. The van der Waals surface area contributed by atoms with E-state index in [2.05, 4.69) is 10.3 Å². The lowest BCUT2D eigenvalue weighted by Crippen LogP contribution is -2.52. The highest BCUT2D eigenvalue weighted by Crippen LogP contribution is 2.19. The van der Waals surface area contributed by atoms with Gasteiger partial charge in [0.25, 0.3) is 5.91 Å². The van der Waals surface area contributed by atoms with Crippen LogP contribution in [0.1, 0.15) is 36.3 Å². The molecule has 1 aromatic heterocycles. The van der Waals surface area contributed by atoms with E-state index in [1.54, 1.807) is 5.38 Å². The van der Waals surface area contributed by atoms with Gasteiger partial charge in [0.2, 0.25) is 5.91 Å². The first-order valence-corrected chi connectivity index (χ1v) is 6.38. The molecule has 0 bridgehead atoms. The normalized spacial score (nSPS) is 13.1. The van der Waals surface area contributed by atoms with Gasteiger partial charge in [-0.3, -0.25) is 9.59 Å². The monoisotopic (exact) mass is 270 g/mol. The topological polar surface area (TPSA) is 111 Å². The van der Waals surface area contributed by atoms with Crippen LogP contribution in [0.15, 0.2) is 5.38 Å². The van der Waals surface area contributed by atoms with E-state index in [1.165, 1.54) is 11.3 Å². The molecule has 0 aromatic carbocycles. The van der Waals surface area contributed by atoms with Gasteiger partial charge in [-0.1, -0.05) is 20.8 Å². The molecule has 7 heteroatoms. The first-order valence-electron chi connectivity index (χ1n) is 5.50. The Balaban J connectivity index is 2.82. The smallest absolute Gasteiger partial charge is 0.271 e. The molecule has 0 aliphatic heterocycles. The minimum absolute atomic E-state index is 0.260. The van der Waals surface area contributed by atoms with Crippen molar-refractivity contribution in [2.45, 2.75) is 33.4 Å². The van der Waals surface area contributed by atoms with Crippen molar-refractivity contribution in [1.82, 2.24) is 10.3 Å². The third-order valence-electron chi connectivity index (χ3n) is 2.38. The van der Waals surface area contributed by atoms with E-state index in [9.17, 15) is 9.59 Å². The summed E-state index contributed by atoms with van der Waals surface area (Å²) in [5, 5.41) is 4.88. The quantitative estimate of drug-likeness (QED) is 0.727. The minimum atomic E-state index is -0.743. The molecule has 1 unspecified atom stereocenters. The molecule has 0 spiro atoms. The summed E-state index contributed by atoms with van der Waals surface area (Å²) < 4.78 is 0. The van der Waals surface area contributed by atoms with Crippen LogP contribution in [0.2, 0.25) is 0 Å². The van der Waals surface area contributed by atoms with E-state index in [0.717, 1.165) is 0 Å². The van der Waals surface area contributed by atoms with Gasteiger partial charge in [0, 0.05) is 11.9 Å². The van der Waals surface area contributed by atoms with E-state index >= 15 is 0 Å². The van der Waals surface area contributed by atoms with Crippen LogP contribution in [0.25, 0.3) is 0 Å². The molecule has 1 aromatic rings. The minimum Gasteiger partial charge on any atom is -0.368 e. The number of carbonyl (C=O) groups excluding carboxylic acids is 2. The second kappa shape index (κ2) is 5.45. The van der Waals surface area contributed by atoms with Crippen molar-refractivity contribution in [3.05, 3.63) is 16.1 Å². The summed E-state index contributed by atoms with van der Waals surface area (Å²) in [5.74, 6) is -0.977. The number of nitrogens with zero attached hydrogens (tertiary/aromatic N) is 1. The lowest BCUT2D eigenvalue weighted by molar-refractivity contribution is -0.122. The van der Waals surface area contributed by atoms with Gasteiger partial charge in [-0.05, 0) is 5.41 Å². The van der Waals surface area contributed by atoms with Gasteiger partial charge in [-0.25, -0.2) is 4.98 Å². The Morgan fingerprint density at radius 3 is 2.50 bits per heavy atom. The Morgan fingerprint density at radius 2 is 2.11 bits per heavy atom. The summed E-state index contributed by atoms with van der Waals surface area (Å²) in [7, 11) is 0. The molecule has 0 saturated carbocycles. The van der Waals surface area contributed by atoms with E-state index in [4.69, 9.17) is 11.5 Å². The van der Waals surface area contributed by atoms with Crippen LogP contribution < -0.4 is 16.8 Å². The van der Waals surface area contributed by atoms with Crippen molar-refractivity contribution in [2.75, 3.05) is 0 Å². The summed E-state index contributed by atoms with van der Waals surface area (Å²) in [5.41, 5.74) is 10.5. The number of aromatic nitrogens is 1. The number of hydrogen-bond donors (Lipinski definition) is 3. The maximum Gasteiger partial charge on any atom is 0.271 e. The molecule has 5 N–H and O–H groups in total. The van der Waals surface area contributed by atoms with Crippen LogP contribution >= 0.6 is 11.3 Å². The first kappa shape index (κ1) is 14.6. The SMILES string of the molecule is CC(C)(C)C(NC(=O)c1csc(CN)n1)C(N)=O. The fourth-order valence-corrected chi connectivity index (χ4v) is 2.08. The molecule has 100 valence electrons. The standard InChI is InChI=1S/C11H18N4O2S/c1-11(2,3)8(9(13)16)15-10(17)6-5-18-7(4-12)14-6/h5,8H,4,12H2,1-3H3,(H2,13,16)(H,15,17). The zero-order valence-electron chi connectivity index (χ0n) is 10.7. The molecule has 18 heavy (non-hydrogen) atoms. The third-order valence-corrected chi connectivity index (χ3v) is 3.26. The van der Waals surface area contributed by atoms with Gasteiger partial charge in [0.1, 0.15) is 16.7 Å². The van der Waals surface area contributed by atoms with Crippen molar-refractivity contribution in [1.29, 1.82) is 0 Å². The summed E-state index contributed by atoms with van der Waals surface area (Å²) in [6.45, 7) is 5.77. The van der Waals surface area contributed by atoms with Crippen LogP contribution in [0.4, 0.5) is 0 Å². The summed E-state index contributed by atoms with van der Waals surface area (Å²) in [6, 6.07) is -0.743. The summed E-state index contributed by atoms with van der Waals surface area (Å²) in [4.78, 5) is 27.3. The number of thiazole rings is 1. The lowest BCUT2D eigenvalue weighted by Gasteiger charge is -2.28. The predicted molar refractivity (Wildman–Crippen MR) is 69.9 cm³/mol. The zero-order chi connectivity index (χ0) is 13.9. The predicted octanol–water partition coefficient (Wildman–Crippen LogP) is 0.232. The van der Waals surface area contributed by atoms with Crippen molar-refractivity contribution in [3.63, 3.8) is 0 Å². The number of hydrogen-bond acceptors (Lipinski definition) is 5. The number of rotatable bonds is 4. The van der Waals surface area contributed by atoms with Crippen LogP contribution in [0, 0.1) is 5.41 Å². The molecule has 1 atom stereocenters. The highest BCUT2D eigenvalue weighted by molar-refractivity contribution is 7.09. The van der Waals surface area contributed by atoms with Crippen molar-refractivity contribution in [3.8, 4) is 0 Å². The first-order chi connectivity index (χ1) is 8.25. The van der Waals surface area contributed by atoms with Crippen LogP contribution in [0.5, 0.6) is 0 Å². The van der Waals surface area contributed by atoms with Gasteiger partial charge in [-0.2, -0.15) is 0 Å². The van der Waals surface area contributed by atoms with Gasteiger partial charge in [0.05, 0.1) is 0 Å². The zero-order valence-corrected chi connectivity index (χ0v) is 11.5. The largest absolute Gasteiger partial charge is 0.368 e. The van der Waals surface area contributed by atoms with Gasteiger partial charge < -0.3 is 16.8 Å². The van der Waals surface area contributed by atoms with Crippen LogP contribution in [0.3, 0.4) is 0 Å². The fourth-order valence-electron chi connectivity index (χ4n) is 1.43. The Hall–Kier alpha value is -1.47. The molecule has 2 amide bonds. The van der Waals surface area contributed by atoms with Crippen LogP contribution in [-0.4, -0.2) is 22.8 Å². The number of nitrogens with one attached hydrogen (secondary N) is 1. The van der Waals surface area contributed by atoms with E-state index in [-0.39, 0.29) is 12.2 Å². The van der Waals surface area contributed by atoms with Crippen molar-refractivity contribution >= 4 is 23.2 Å². The lowest BCUT2D eigenvalue weighted by atomic mass is 9.86. The van der Waals surface area contributed by atoms with E-state index < -0.39 is 23.3 Å². The maximum atomic E-state index is 11.9. The second-order valence-electron chi connectivity index (χ2n) is 5.01. The number of primary amides is 1. The molecule has 0 fully saturated rings. The fraction of sp³-hybridized carbons (Fsp3) is 0.545.